The Morgan fingerprint density at radius 1 is 0.435 bits per heavy atom. The van der Waals surface area contributed by atoms with Crippen LogP contribution >= 0.6 is 34.8 Å². The van der Waals surface area contributed by atoms with Gasteiger partial charge in [-0.25, -0.2) is 50.7 Å². The number of rotatable bonds is 19. The molecular formula is C75H80Cl3F4N23O10. The number of benzene rings is 4. The molecule has 0 radical (unpaired) electrons. The minimum absolute atomic E-state index is 0. The Morgan fingerprint density at radius 2 is 0.748 bits per heavy atom. The summed E-state index contributed by atoms with van der Waals surface area (Å²) in [5.41, 5.74) is 8.88. The van der Waals surface area contributed by atoms with Crippen LogP contribution in [0, 0.1) is 23.3 Å². The number of hydrogen-bond acceptors (Lipinski definition) is 29. The summed E-state index contributed by atoms with van der Waals surface area (Å²) < 4.78 is 87.5. The Bertz CT molecular complexity index is 5010. The number of aromatic nitrogens is 16. The second kappa shape index (κ2) is 44.2. The van der Waals surface area contributed by atoms with E-state index in [1.807, 2.05) is 12.1 Å². The van der Waals surface area contributed by atoms with Crippen LogP contribution in [0.4, 0.5) is 69.4 Å². The highest BCUT2D eigenvalue weighted by Crippen LogP contribution is 2.26. The summed E-state index contributed by atoms with van der Waals surface area (Å²) in [7, 11) is 0. The van der Waals surface area contributed by atoms with Gasteiger partial charge in [0.15, 0.2) is 17.1 Å². The number of carbonyl (C=O) groups is 3. The number of nitrogen functional groups attached to an aromatic ring is 1. The molecule has 3 saturated heterocycles. The first-order valence-electron chi connectivity index (χ1n) is 35.2. The molecule has 115 heavy (non-hydrogen) atoms. The van der Waals surface area contributed by atoms with Gasteiger partial charge >= 0.3 is 17.9 Å². The Kier molecular flexibility index (Phi) is 33.3. The Hall–Kier alpha value is -12.4. The van der Waals surface area contributed by atoms with E-state index in [2.05, 4.69) is 91.3 Å². The van der Waals surface area contributed by atoms with Crippen molar-refractivity contribution < 1.29 is 65.5 Å². The van der Waals surface area contributed by atoms with E-state index in [0.29, 0.717) is 103 Å². The molecule has 3 aliphatic rings. The minimum Gasteiger partial charge on any atom is -0.461 e. The van der Waals surface area contributed by atoms with Crippen molar-refractivity contribution in [1.29, 1.82) is 0 Å². The molecule has 0 saturated carbocycles. The molecule has 12 aromatic rings. The van der Waals surface area contributed by atoms with Crippen molar-refractivity contribution in [2.45, 2.75) is 34.8 Å². The predicted octanol–water partition coefficient (Wildman–Crippen LogP) is 11.6. The first kappa shape index (κ1) is 86.6. The van der Waals surface area contributed by atoms with Crippen molar-refractivity contribution in [3.05, 3.63) is 232 Å². The van der Waals surface area contributed by atoms with Crippen LogP contribution in [0.15, 0.2) is 170 Å². The van der Waals surface area contributed by atoms with E-state index < -0.39 is 17.9 Å². The SMILES string of the molecule is C.C1COCCN1.CCOC(=O)c1ccn(-c2nc(Cl)cc(Cl)n2)n1.CCOC(=O)c1ccn(-c2nc(Cl)cc(Nc3ccc(F)cc3)n2)n1.CCOC(=O)c1ccn(-c2nc(Nc3ccc(F)cc3)cc(N3CCOCC3)n2)n1.Nc1ccc(F)cc1.OCc1ccn(-c2nc(Nc3ccc(F)cc3)cc(N3CCOCC3)n2)n1. The third-order valence-corrected chi connectivity index (χ3v) is 15.9. The normalized spacial score (nSPS) is 12.8. The quantitative estimate of drug-likeness (QED) is 0.0144. The van der Waals surface area contributed by atoms with E-state index in [-0.39, 0.29) is 102 Å². The maximum Gasteiger partial charge on any atom is 0.358 e. The summed E-state index contributed by atoms with van der Waals surface area (Å²) in [5.74, 6) is 1.18. The van der Waals surface area contributed by atoms with Gasteiger partial charge < -0.3 is 70.3 Å². The number of morpholine rings is 3. The number of anilines is 9. The molecule has 3 aliphatic heterocycles. The Labute approximate surface area is 671 Å². The molecule has 7 N–H and O–H groups in total. The summed E-state index contributed by atoms with van der Waals surface area (Å²) >= 11 is 17.5. The number of hydrogen-bond donors (Lipinski definition) is 6. The van der Waals surface area contributed by atoms with E-state index >= 15 is 0 Å². The maximum atomic E-state index is 13.2. The van der Waals surface area contributed by atoms with Gasteiger partial charge in [-0.3, -0.25) is 0 Å². The standard InChI is InChI=1S/C20H21FN6O3.C18H19FN6O2.C16H13ClFN5O2.C10H8Cl2N4O2.C6H6FN.C4H9NO.CH4/c1-2-30-19(28)16-7-8-27(25-16)20-23-17(22-15-5-3-14(21)4-6-15)13-18(24-20)26-9-11-29-12-10-26;19-13-1-3-14(4-2-13)20-16-11-17(24-7-9-27-10-8-24)22-18(21-16)25-6-5-15(12-26)23-25;1-2-25-15(24)12-7-8-23(22-12)16-20-13(17)9-14(21-16)19-11-5-3-10(18)4-6-11;1-2-18-9(17)6-3-4-16(15-6)10-13-7(11)5-8(12)14-10;7-5-1-3-6(8)4-2-5;1-3-6-4-2-5-1;/h3-8,13H,2,9-12H2,1H3,(H,22,23,24);1-6,11,26H,7-10,12H2,(H,20,21,22);3-9H,2H2,1H3,(H,19,20,21);3-5H,2H2,1H3;1-4H,8H2;5H,1-4H2;1H4. The fourth-order valence-electron chi connectivity index (χ4n) is 9.97. The average molecular weight is 1650 g/mol. The molecule has 0 amide bonds. The summed E-state index contributed by atoms with van der Waals surface area (Å²) in [6.07, 6.45) is 6.35. The molecule has 4 aromatic carbocycles. The highest BCUT2D eigenvalue weighted by molar-refractivity contribution is 6.33. The van der Waals surface area contributed by atoms with Crippen LogP contribution in [0.3, 0.4) is 0 Å². The minimum atomic E-state index is -0.534. The van der Waals surface area contributed by atoms with E-state index in [0.717, 1.165) is 45.2 Å². The molecule has 11 heterocycles. The van der Waals surface area contributed by atoms with Gasteiger partial charge in [-0.2, -0.15) is 60.3 Å². The van der Waals surface area contributed by atoms with Crippen molar-refractivity contribution in [3.8, 4) is 23.8 Å². The lowest BCUT2D eigenvalue weighted by atomic mass is 10.3. The van der Waals surface area contributed by atoms with E-state index in [9.17, 15) is 37.1 Å². The monoisotopic (exact) mass is 1640 g/mol. The van der Waals surface area contributed by atoms with Gasteiger partial charge in [-0.1, -0.05) is 42.2 Å². The average Bonchev–Trinajstić information content (AvgIpc) is 1.70. The lowest BCUT2D eigenvalue weighted by molar-refractivity contribution is 0.0509. The van der Waals surface area contributed by atoms with Crippen molar-refractivity contribution >= 4 is 105 Å². The molecular weight excluding hydrogens is 1570 g/mol. The zero-order valence-electron chi connectivity index (χ0n) is 61.4. The van der Waals surface area contributed by atoms with Crippen LogP contribution in [0.5, 0.6) is 0 Å². The van der Waals surface area contributed by atoms with Crippen LogP contribution in [0.25, 0.3) is 23.8 Å². The van der Waals surface area contributed by atoms with Gasteiger partial charge in [-0.05, 0) is 142 Å². The van der Waals surface area contributed by atoms with Crippen molar-refractivity contribution in [2.75, 3.05) is 130 Å². The van der Waals surface area contributed by atoms with E-state index in [1.165, 1.54) is 116 Å². The molecule has 40 heteroatoms. The van der Waals surface area contributed by atoms with E-state index in [4.69, 9.17) is 69.0 Å². The fourth-order valence-corrected chi connectivity index (χ4v) is 10.6. The number of halogens is 7. The van der Waals surface area contributed by atoms with Crippen molar-refractivity contribution in [2.24, 2.45) is 0 Å². The van der Waals surface area contributed by atoms with Crippen LogP contribution in [0.2, 0.25) is 15.5 Å². The number of aliphatic hydroxyl groups excluding tert-OH is 1. The fraction of sp³-hybridized carbons (Fsp3) is 0.267. The van der Waals surface area contributed by atoms with Crippen LogP contribution in [-0.4, -0.2) is 201 Å². The van der Waals surface area contributed by atoms with Gasteiger partial charge in [0.25, 0.3) is 23.8 Å². The number of nitrogens with one attached hydrogen (secondary N) is 4. The van der Waals surface area contributed by atoms with Crippen LogP contribution in [-0.2, 0) is 35.0 Å². The Balaban J connectivity index is 0.000000167. The number of esters is 3. The summed E-state index contributed by atoms with van der Waals surface area (Å²) in [5, 5.41) is 38.9. The third kappa shape index (κ3) is 27.2. The second-order valence-electron chi connectivity index (χ2n) is 23.5. The molecule has 0 unspecified atom stereocenters. The summed E-state index contributed by atoms with van der Waals surface area (Å²) in [6, 6.07) is 36.3. The summed E-state index contributed by atoms with van der Waals surface area (Å²) in [6.45, 7) is 15.0. The molecule has 8 aromatic heterocycles. The maximum absolute atomic E-state index is 13.2. The first-order valence-corrected chi connectivity index (χ1v) is 36.3. The number of nitrogens with zero attached hydrogens (tertiary/aromatic N) is 18. The number of ether oxygens (including phenoxy) is 6. The third-order valence-electron chi connectivity index (χ3n) is 15.3. The first-order chi connectivity index (χ1) is 55.3. The van der Waals surface area contributed by atoms with Crippen LogP contribution < -0.4 is 36.8 Å². The lowest BCUT2D eigenvalue weighted by Gasteiger charge is -2.28. The molecule has 0 aliphatic carbocycles. The largest absolute Gasteiger partial charge is 0.461 e. The topological polar surface area (TPSA) is 382 Å². The highest BCUT2D eigenvalue weighted by Gasteiger charge is 2.22. The molecule has 15 rings (SSSR count). The number of aliphatic hydroxyl groups is 1. The van der Waals surface area contributed by atoms with Gasteiger partial charge in [0.1, 0.15) is 67.8 Å². The van der Waals surface area contributed by atoms with Gasteiger partial charge in [0, 0.05) is 111 Å². The van der Waals surface area contributed by atoms with Gasteiger partial charge in [-0.15, -0.1) is 0 Å². The predicted molar refractivity (Wildman–Crippen MR) is 422 cm³/mol. The number of nitrogens with two attached hydrogens (primary N) is 1. The molecule has 0 bridgehead atoms. The van der Waals surface area contributed by atoms with Crippen LogP contribution in [0.1, 0.15) is 65.4 Å². The highest BCUT2D eigenvalue weighted by atomic mass is 35.5. The second-order valence-corrected chi connectivity index (χ2v) is 24.7. The summed E-state index contributed by atoms with van der Waals surface area (Å²) in [4.78, 5) is 73.7. The van der Waals surface area contributed by atoms with Gasteiger partial charge in [0.2, 0.25) is 0 Å². The lowest BCUT2D eigenvalue weighted by Crippen LogP contribution is -2.37. The zero-order valence-corrected chi connectivity index (χ0v) is 63.6. The molecule has 604 valence electrons. The van der Waals surface area contributed by atoms with Crippen molar-refractivity contribution in [3.63, 3.8) is 0 Å². The number of carbonyl (C=O) groups excluding carboxylic acids is 3. The van der Waals surface area contributed by atoms with Crippen molar-refractivity contribution in [1.82, 2.24) is 84.3 Å². The van der Waals surface area contributed by atoms with Gasteiger partial charge in [0.05, 0.1) is 71.8 Å². The molecule has 0 spiro atoms. The zero-order chi connectivity index (χ0) is 80.7. The Morgan fingerprint density at radius 3 is 1.07 bits per heavy atom. The smallest absolute Gasteiger partial charge is 0.358 e. The molecule has 33 nitrogen and oxygen atoms in total. The molecule has 3 fully saturated rings. The van der Waals surface area contributed by atoms with E-state index in [1.54, 1.807) is 81.7 Å². The molecule has 0 atom stereocenters.